The van der Waals surface area contributed by atoms with Crippen LogP contribution in [0.1, 0.15) is 29.8 Å². The van der Waals surface area contributed by atoms with Gasteiger partial charge >= 0.3 is 5.97 Å². The van der Waals surface area contributed by atoms with Crippen molar-refractivity contribution in [2.75, 3.05) is 13.7 Å². The first-order chi connectivity index (χ1) is 9.04. The molecule has 1 fully saturated rings. The molecule has 0 spiro atoms. The summed E-state index contributed by atoms with van der Waals surface area (Å²) in [6.07, 6.45) is 4.26. The summed E-state index contributed by atoms with van der Waals surface area (Å²) < 4.78 is 6.49. The van der Waals surface area contributed by atoms with Gasteiger partial charge in [0, 0.05) is 13.7 Å². The van der Waals surface area contributed by atoms with Gasteiger partial charge in [-0.3, -0.25) is 9.59 Å². The molecular formula is C11H16N4O4. The minimum absolute atomic E-state index is 0.104. The van der Waals surface area contributed by atoms with Crippen molar-refractivity contribution in [2.45, 2.75) is 31.4 Å². The number of hydrogen-bond donors (Lipinski definition) is 2. The summed E-state index contributed by atoms with van der Waals surface area (Å²) in [4.78, 5) is 22.3. The van der Waals surface area contributed by atoms with Crippen molar-refractivity contribution in [2.24, 2.45) is 0 Å². The van der Waals surface area contributed by atoms with Crippen LogP contribution in [-0.2, 0) is 16.1 Å². The predicted molar refractivity (Wildman–Crippen MR) is 63.6 cm³/mol. The number of nitrogens with one attached hydrogen (secondary N) is 1. The van der Waals surface area contributed by atoms with Crippen molar-refractivity contribution < 1.29 is 19.4 Å². The van der Waals surface area contributed by atoms with E-state index in [1.165, 1.54) is 6.20 Å². The van der Waals surface area contributed by atoms with Crippen molar-refractivity contribution in [1.29, 1.82) is 0 Å². The van der Waals surface area contributed by atoms with Crippen LogP contribution in [0.5, 0.6) is 0 Å². The topological polar surface area (TPSA) is 106 Å². The molecular weight excluding hydrogens is 252 g/mol. The molecule has 1 aromatic rings. The van der Waals surface area contributed by atoms with Crippen LogP contribution in [-0.4, -0.2) is 51.2 Å². The molecule has 0 unspecified atom stereocenters. The first-order valence-electron chi connectivity index (χ1n) is 6.00. The van der Waals surface area contributed by atoms with E-state index in [0.29, 0.717) is 6.54 Å². The number of carbonyl (C=O) groups excluding carboxylic acids is 1. The molecule has 1 saturated carbocycles. The number of hydrogen-bond acceptors (Lipinski definition) is 5. The van der Waals surface area contributed by atoms with Gasteiger partial charge in [0.15, 0.2) is 5.69 Å². The lowest BCUT2D eigenvalue weighted by atomic mass is 9.80. The zero-order valence-electron chi connectivity index (χ0n) is 10.6. The van der Waals surface area contributed by atoms with E-state index in [1.807, 2.05) is 0 Å². The number of carbonyl (C=O) groups is 2. The molecule has 0 saturated heterocycles. The predicted octanol–water partition coefficient (Wildman–Crippen LogP) is -0.338. The summed E-state index contributed by atoms with van der Waals surface area (Å²) in [5.74, 6) is -1.41. The first kappa shape index (κ1) is 13.5. The van der Waals surface area contributed by atoms with Gasteiger partial charge in [-0.25, -0.2) is 4.68 Å². The number of ether oxygens (including phenoxy) is 1. The second-order valence-corrected chi connectivity index (χ2v) is 4.62. The van der Waals surface area contributed by atoms with Crippen LogP contribution in [0.4, 0.5) is 0 Å². The Morgan fingerprint density at radius 2 is 2.32 bits per heavy atom. The molecule has 2 N–H and O–H groups in total. The fourth-order valence-corrected chi connectivity index (χ4v) is 1.97. The van der Waals surface area contributed by atoms with Gasteiger partial charge in [-0.2, -0.15) is 0 Å². The third-order valence-corrected chi connectivity index (χ3v) is 3.34. The van der Waals surface area contributed by atoms with Crippen molar-refractivity contribution in [3.63, 3.8) is 0 Å². The number of carboxylic acids is 1. The number of rotatable bonds is 6. The Bertz CT molecular complexity index is 475. The lowest BCUT2D eigenvalue weighted by Crippen LogP contribution is -2.49. The summed E-state index contributed by atoms with van der Waals surface area (Å²) >= 11 is 0. The number of methoxy groups -OCH3 is 1. The minimum atomic E-state index is -1.04. The van der Waals surface area contributed by atoms with Crippen molar-refractivity contribution in [1.82, 2.24) is 20.3 Å². The van der Waals surface area contributed by atoms with E-state index in [-0.39, 0.29) is 23.7 Å². The van der Waals surface area contributed by atoms with E-state index in [4.69, 9.17) is 9.84 Å². The molecule has 1 heterocycles. The minimum Gasteiger partial charge on any atom is -0.480 e. The summed E-state index contributed by atoms with van der Waals surface area (Å²) in [5.41, 5.74) is -0.154. The highest BCUT2D eigenvalue weighted by atomic mass is 16.5. The summed E-state index contributed by atoms with van der Waals surface area (Å²) in [6.45, 7) is 0.108. The summed E-state index contributed by atoms with van der Waals surface area (Å²) in [6, 6.07) is 0. The van der Waals surface area contributed by atoms with Crippen LogP contribution in [0.25, 0.3) is 0 Å². The van der Waals surface area contributed by atoms with Gasteiger partial charge in [0.25, 0.3) is 5.91 Å². The molecule has 0 radical (unpaired) electrons. The maximum absolute atomic E-state index is 11.8. The Labute approximate surface area is 109 Å². The molecule has 8 heteroatoms. The van der Waals surface area contributed by atoms with Crippen LogP contribution < -0.4 is 5.32 Å². The Balaban J connectivity index is 1.89. The highest BCUT2D eigenvalue weighted by Gasteiger charge is 2.37. The van der Waals surface area contributed by atoms with Crippen LogP contribution in [0.2, 0.25) is 0 Å². The van der Waals surface area contributed by atoms with E-state index < -0.39 is 5.97 Å². The van der Waals surface area contributed by atoms with Gasteiger partial charge in [0.05, 0.1) is 11.8 Å². The van der Waals surface area contributed by atoms with E-state index in [0.717, 1.165) is 23.9 Å². The van der Waals surface area contributed by atoms with Gasteiger partial charge in [0.1, 0.15) is 6.54 Å². The second-order valence-electron chi connectivity index (χ2n) is 4.62. The maximum Gasteiger partial charge on any atom is 0.325 e. The average molecular weight is 268 g/mol. The molecule has 0 atom stereocenters. The molecule has 1 aromatic heterocycles. The van der Waals surface area contributed by atoms with Crippen molar-refractivity contribution in [3.8, 4) is 0 Å². The Hall–Kier alpha value is -1.96. The highest BCUT2D eigenvalue weighted by molar-refractivity contribution is 5.91. The van der Waals surface area contributed by atoms with Crippen molar-refractivity contribution >= 4 is 11.9 Å². The van der Waals surface area contributed by atoms with E-state index in [1.54, 1.807) is 7.11 Å². The van der Waals surface area contributed by atoms with Crippen LogP contribution in [0.3, 0.4) is 0 Å². The third-order valence-electron chi connectivity index (χ3n) is 3.34. The second kappa shape index (κ2) is 5.35. The largest absolute Gasteiger partial charge is 0.480 e. The van der Waals surface area contributed by atoms with E-state index in [2.05, 4.69) is 15.6 Å². The smallest absolute Gasteiger partial charge is 0.325 e. The number of aliphatic carboxylic acids is 1. The Morgan fingerprint density at radius 1 is 1.58 bits per heavy atom. The highest BCUT2D eigenvalue weighted by Crippen LogP contribution is 2.34. The quantitative estimate of drug-likeness (QED) is 0.731. The van der Waals surface area contributed by atoms with Crippen LogP contribution in [0.15, 0.2) is 6.20 Å². The molecule has 8 nitrogen and oxygen atoms in total. The molecule has 0 aromatic carbocycles. The monoisotopic (exact) mass is 268 g/mol. The molecule has 104 valence electrons. The lowest BCUT2D eigenvalue weighted by Gasteiger charge is -2.40. The van der Waals surface area contributed by atoms with Gasteiger partial charge in [-0.15, -0.1) is 5.10 Å². The van der Waals surface area contributed by atoms with Gasteiger partial charge in [-0.1, -0.05) is 5.21 Å². The lowest BCUT2D eigenvalue weighted by molar-refractivity contribution is -0.137. The van der Waals surface area contributed by atoms with Gasteiger partial charge < -0.3 is 15.2 Å². The normalized spacial score (nSPS) is 16.7. The zero-order chi connectivity index (χ0) is 13.9. The van der Waals surface area contributed by atoms with Gasteiger partial charge in [0.2, 0.25) is 0 Å². The zero-order valence-corrected chi connectivity index (χ0v) is 10.6. The van der Waals surface area contributed by atoms with Crippen LogP contribution >= 0.6 is 0 Å². The summed E-state index contributed by atoms with van der Waals surface area (Å²) in [5, 5.41) is 18.5. The van der Waals surface area contributed by atoms with E-state index >= 15 is 0 Å². The molecule has 19 heavy (non-hydrogen) atoms. The number of amides is 1. The number of carboxylic acid groups (broad SMARTS) is 1. The fraction of sp³-hybridized carbons (Fsp3) is 0.636. The first-order valence-corrected chi connectivity index (χ1v) is 6.00. The Morgan fingerprint density at radius 3 is 2.84 bits per heavy atom. The van der Waals surface area contributed by atoms with E-state index in [9.17, 15) is 9.59 Å². The average Bonchev–Trinajstić information content (AvgIpc) is 2.75. The molecule has 1 aliphatic rings. The van der Waals surface area contributed by atoms with Gasteiger partial charge in [-0.05, 0) is 19.3 Å². The standard InChI is InChI=1S/C11H16N4O4/c1-19-11(3-2-4-11)7-12-10(18)8-5-15(14-13-8)6-9(16)17/h5H,2-4,6-7H2,1H3,(H,12,18)(H,16,17). The fourth-order valence-electron chi connectivity index (χ4n) is 1.97. The number of nitrogens with zero attached hydrogens (tertiary/aromatic N) is 3. The Kier molecular flexibility index (Phi) is 3.79. The molecule has 0 aliphatic heterocycles. The van der Waals surface area contributed by atoms with Crippen LogP contribution in [0, 0.1) is 0 Å². The molecule has 2 rings (SSSR count). The summed E-state index contributed by atoms with van der Waals surface area (Å²) in [7, 11) is 1.63. The molecule has 1 aliphatic carbocycles. The third kappa shape index (κ3) is 3.08. The van der Waals surface area contributed by atoms with Crippen molar-refractivity contribution in [3.05, 3.63) is 11.9 Å². The number of aromatic nitrogens is 3. The molecule has 1 amide bonds. The maximum atomic E-state index is 11.8. The SMILES string of the molecule is COC1(CNC(=O)c2cn(CC(=O)O)nn2)CCC1. The molecule has 0 bridgehead atoms.